The summed E-state index contributed by atoms with van der Waals surface area (Å²) in [5.74, 6) is 0.696. The minimum Gasteiger partial charge on any atom is -0.493 e. The Hall–Kier alpha value is -2.43. The molecule has 19 heavy (non-hydrogen) atoms. The molecule has 2 aromatic rings. The van der Waals surface area contributed by atoms with Crippen LogP contribution in [0.15, 0.2) is 36.4 Å². The van der Waals surface area contributed by atoms with Crippen molar-refractivity contribution in [3.63, 3.8) is 0 Å². The van der Waals surface area contributed by atoms with Gasteiger partial charge < -0.3 is 9.47 Å². The van der Waals surface area contributed by atoms with Gasteiger partial charge in [0.15, 0.2) is 0 Å². The van der Waals surface area contributed by atoms with Gasteiger partial charge >= 0.3 is 0 Å². The third-order valence-corrected chi connectivity index (χ3v) is 2.51. The Morgan fingerprint density at radius 3 is 2.58 bits per heavy atom. The fourth-order valence-electron chi connectivity index (χ4n) is 1.62. The van der Waals surface area contributed by atoms with E-state index in [9.17, 15) is 4.79 Å². The Morgan fingerprint density at radius 1 is 1.16 bits per heavy atom. The Balaban J connectivity index is 2.32. The predicted molar refractivity (Wildman–Crippen MR) is 69.6 cm³/mol. The Bertz CT molecular complexity index is 567. The normalized spacial score (nSPS) is 10.0. The van der Waals surface area contributed by atoms with E-state index < -0.39 is 0 Å². The Kier molecular flexibility index (Phi) is 4.07. The maximum absolute atomic E-state index is 12.3. The highest BCUT2D eigenvalue weighted by molar-refractivity contribution is 6.09. The van der Waals surface area contributed by atoms with Gasteiger partial charge in [-0.25, -0.2) is 0 Å². The van der Waals surface area contributed by atoms with Gasteiger partial charge in [0.2, 0.25) is 11.7 Å². The van der Waals surface area contributed by atoms with Gasteiger partial charge in [0, 0.05) is 6.07 Å². The van der Waals surface area contributed by atoms with Crippen LogP contribution >= 0.6 is 0 Å². The summed E-state index contributed by atoms with van der Waals surface area (Å²) in [7, 11) is 1.50. The monoisotopic (exact) mass is 258 g/mol. The second-order valence-corrected chi connectivity index (χ2v) is 3.72. The molecule has 5 heteroatoms. The van der Waals surface area contributed by atoms with Crippen molar-refractivity contribution in [2.24, 2.45) is 0 Å². The fourth-order valence-corrected chi connectivity index (χ4v) is 1.62. The third kappa shape index (κ3) is 2.88. The first kappa shape index (κ1) is 13.0. The molecule has 0 bridgehead atoms. The van der Waals surface area contributed by atoms with Gasteiger partial charge in [-0.3, -0.25) is 4.79 Å². The number of hydrogen-bond acceptors (Lipinski definition) is 5. The molecule has 2 rings (SSSR count). The van der Waals surface area contributed by atoms with E-state index in [-0.39, 0.29) is 11.5 Å². The molecule has 1 aromatic carbocycles. The van der Waals surface area contributed by atoms with Gasteiger partial charge in [-0.15, -0.1) is 10.2 Å². The second-order valence-electron chi connectivity index (χ2n) is 3.72. The SMILES string of the molecule is CCOc1ccccc1C(=O)c1ccc(OC)nn1. The summed E-state index contributed by atoms with van der Waals surface area (Å²) < 4.78 is 10.3. The first-order valence-electron chi connectivity index (χ1n) is 5.90. The fraction of sp³-hybridized carbons (Fsp3) is 0.214. The summed E-state index contributed by atoms with van der Waals surface area (Å²) in [6, 6.07) is 10.3. The van der Waals surface area contributed by atoms with Crippen LogP contribution in [-0.4, -0.2) is 29.7 Å². The van der Waals surface area contributed by atoms with Crippen LogP contribution in [0.3, 0.4) is 0 Å². The van der Waals surface area contributed by atoms with Gasteiger partial charge in [-0.1, -0.05) is 12.1 Å². The Morgan fingerprint density at radius 2 is 1.95 bits per heavy atom. The summed E-state index contributed by atoms with van der Waals surface area (Å²) in [4.78, 5) is 12.3. The van der Waals surface area contributed by atoms with Crippen molar-refractivity contribution in [2.75, 3.05) is 13.7 Å². The first-order chi connectivity index (χ1) is 9.26. The van der Waals surface area contributed by atoms with Crippen molar-refractivity contribution in [1.29, 1.82) is 0 Å². The minimum atomic E-state index is -0.223. The van der Waals surface area contributed by atoms with Gasteiger partial charge in [-0.05, 0) is 25.1 Å². The molecule has 0 aliphatic rings. The number of rotatable bonds is 5. The molecular weight excluding hydrogens is 244 g/mol. The molecule has 0 saturated carbocycles. The zero-order valence-corrected chi connectivity index (χ0v) is 10.8. The van der Waals surface area contributed by atoms with Crippen LogP contribution < -0.4 is 9.47 Å². The summed E-state index contributed by atoms with van der Waals surface area (Å²) in [5, 5.41) is 7.63. The lowest BCUT2D eigenvalue weighted by Crippen LogP contribution is -2.08. The lowest BCUT2D eigenvalue weighted by atomic mass is 10.1. The molecule has 0 aliphatic heterocycles. The van der Waals surface area contributed by atoms with Gasteiger partial charge in [0.05, 0.1) is 19.3 Å². The molecule has 1 heterocycles. The zero-order valence-electron chi connectivity index (χ0n) is 10.8. The number of benzene rings is 1. The highest BCUT2D eigenvalue weighted by Crippen LogP contribution is 2.21. The molecule has 0 aliphatic carbocycles. The predicted octanol–water partition coefficient (Wildman–Crippen LogP) is 2.11. The highest BCUT2D eigenvalue weighted by atomic mass is 16.5. The van der Waals surface area contributed by atoms with Crippen molar-refractivity contribution in [2.45, 2.75) is 6.92 Å². The van der Waals surface area contributed by atoms with Crippen molar-refractivity contribution >= 4 is 5.78 Å². The molecule has 0 fully saturated rings. The zero-order chi connectivity index (χ0) is 13.7. The molecule has 0 unspecified atom stereocenters. The smallest absolute Gasteiger partial charge is 0.233 e. The number of hydrogen-bond donors (Lipinski definition) is 0. The average Bonchev–Trinajstić information content (AvgIpc) is 2.47. The number of para-hydroxylation sites is 1. The number of aromatic nitrogens is 2. The van der Waals surface area contributed by atoms with Crippen LogP contribution in [0.2, 0.25) is 0 Å². The van der Waals surface area contributed by atoms with E-state index >= 15 is 0 Å². The average molecular weight is 258 g/mol. The molecule has 1 aromatic heterocycles. The van der Waals surface area contributed by atoms with Crippen molar-refractivity contribution < 1.29 is 14.3 Å². The molecule has 0 N–H and O–H groups in total. The number of methoxy groups -OCH3 is 1. The molecule has 0 radical (unpaired) electrons. The standard InChI is InChI=1S/C14H14N2O3/c1-3-19-12-7-5-4-6-10(12)14(17)11-8-9-13(18-2)16-15-11/h4-9H,3H2,1-2H3. The van der Waals surface area contributed by atoms with Gasteiger partial charge in [0.1, 0.15) is 11.4 Å². The number of ether oxygens (including phenoxy) is 2. The largest absolute Gasteiger partial charge is 0.493 e. The lowest BCUT2D eigenvalue weighted by Gasteiger charge is -2.08. The van der Waals surface area contributed by atoms with Gasteiger partial charge in [-0.2, -0.15) is 0 Å². The van der Waals surface area contributed by atoms with Crippen molar-refractivity contribution in [3.8, 4) is 11.6 Å². The molecule has 0 amide bonds. The van der Waals surface area contributed by atoms with Crippen LogP contribution in [-0.2, 0) is 0 Å². The van der Waals surface area contributed by atoms with Crippen LogP contribution in [0.5, 0.6) is 11.6 Å². The van der Waals surface area contributed by atoms with Crippen molar-refractivity contribution in [1.82, 2.24) is 10.2 Å². The van der Waals surface area contributed by atoms with Crippen molar-refractivity contribution in [3.05, 3.63) is 47.7 Å². The molecular formula is C14H14N2O3. The molecule has 0 saturated heterocycles. The van der Waals surface area contributed by atoms with Crippen LogP contribution in [0.4, 0.5) is 0 Å². The van der Waals surface area contributed by atoms with E-state index in [0.717, 1.165) is 0 Å². The number of nitrogens with zero attached hydrogens (tertiary/aromatic N) is 2. The van der Waals surface area contributed by atoms with Crippen LogP contribution in [0.1, 0.15) is 23.0 Å². The second kappa shape index (κ2) is 5.95. The van der Waals surface area contributed by atoms with E-state index in [1.807, 2.05) is 13.0 Å². The molecule has 5 nitrogen and oxygen atoms in total. The summed E-state index contributed by atoms with van der Waals surface area (Å²) >= 11 is 0. The maximum Gasteiger partial charge on any atom is 0.233 e. The first-order valence-corrected chi connectivity index (χ1v) is 5.90. The van der Waals surface area contributed by atoms with E-state index in [2.05, 4.69) is 10.2 Å². The molecule has 0 atom stereocenters. The van der Waals surface area contributed by atoms with E-state index in [1.165, 1.54) is 7.11 Å². The quantitative estimate of drug-likeness (QED) is 0.769. The van der Waals surface area contributed by atoms with Crippen LogP contribution in [0, 0.1) is 0 Å². The topological polar surface area (TPSA) is 61.3 Å². The summed E-state index contributed by atoms with van der Waals surface area (Å²) in [6.07, 6.45) is 0. The Labute approximate surface area is 111 Å². The number of carbonyl (C=O) groups is 1. The third-order valence-electron chi connectivity index (χ3n) is 2.51. The van der Waals surface area contributed by atoms with Gasteiger partial charge in [0.25, 0.3) is 0 Å². The summed E-state index contributed by atoms with van der Waals surface area (Å²) in [6.45, 7) is 2.37. The molecule has 98 valence electrons. The maximum atomic E-state index is 12.3. The highest BCUT2D eigenvalue weighted by Gasteiger charge is 2.16. The molecule has 0 spiro atoms. The summed E-state index contributed by atoms with van der Waals surface area (Å²) in [5.41, 5.74) is 0.733. The van der Waals surface area contributed by atoms with Crippen LogP contribution in [0.25, 0.3) is 0 Å². The lowest BCUT2D eigenvalue weighted by molar-refractivity contribution is 0.102. The van der Waals surface area contributed by atoms with E-state index in [0.29, 0.717) is 23.8 Å². The van der Waals surface area contributed by atoms with E-state index in [1.54, 1.807) is 30.3 Å². The number of carbonyl (C=O) groups excluding carboxylic acids is 1. The minimum absolute atomic E-state index is 0.223. The van der Waals surface area contributed by atoms with E-state index in [4.69, 9.17) is 9.47 Å². The number of ketones is 1.